The average Bonchev–Trinajstić information content (AvgIpc) is 3.01. The molecule has 0 fully saturated rings. The van der Waals surface area contributed by atoms with Gasteiger partial charge in [0, 0.05) is 12.7 Å². The maximum Gasteiger partial charge on any atom is 0.254 e. The van der Waals surface area contributed by atoms with Crippen LogP contribution in [0.5, 0.6) is 5.75 Å². The molecule has 0 aliphatic carbocycles. The molecule has 1 heterocycles. The summed E-state index contributed by atoms with van der Waals surface area (Å²) in [6, 6.07) is 7.77. The molecule has 0 aliphatic heterocycles. The largest absolute Gasteiger partial charge is 0.497 e. The standard InChI is InChI=1S/C16H22N4O2.ClH/c1-22-15-6-4-13(5-7-15)11-20-12-14(10-19-20)16(21)18-9-3-2-8-17;/h4-7,10,12H,2-3,8-9,11,17H2,1H3,(H,18,21);1H. The number of ether oxygens (including phenoxy) is 1. The van der Waals surface area contributed by atoms with Gasteiger partial charge in [-0.15, -0.1) is 12.4 Å². The molecule has 0 saturated carbocycles. The number of methoxy groups -OCH3 is 1. The average molecular weight is 339 g/mol. The fraction of sp³-hybridized carbons (Fsp3) is 0.375. The fourth-order valence-corrected chi connectivity index (χ4v) is 2.06. The minimum absolute atomic E-state index is 0. The van der Waals surface area contributed by atoms with Crippen LogP contribution in [-0.2, 0) is 6.54 Å². The Hall–Kier alpha value is -2.05. The molecule has 2 aromatic rings. The van der Waals surface area contributed by atoms with Crippen LogP contribution >= 0.6 is 12.4 Å². The Bertz CT molecular complexity index is 598. The van der Waals surface area contributed by atoms with Crippen LogP contribution in [0.1, 0.15) is 28.8 Å². The number of carbonyl (C=O) groups excluding carboxylic acids is 1. The van der Waals surface area contributed by atoms with Crippen LogP contribution in [-0.4, -0.2) is 35.9 Å². The van der Waals surface area contributed by atoms with E-state index >= 15 is 0 Å². The highest BCUT2D eigenvalue weighted by atomic mass is 35.5. The molecule has 0 saturated heterocycles. The smallest absolute Gasteiger partial charge is 0.254 e. The van der Waals surface area contributed by atoms with Gasteiger partial charge in [0.15, 0.2) is 0 Å². The highest BCUT2D eigenvalue weighted by Gasteiger charge is 2.08. The van der Waals surface area contributed by atoms with Crippen molar-refractivity contribution in [3.63, 3.8) is 0 Å². The summed E-state index contributed by atoms with van der Waals surface area (Å²) in [6.45, 7) is 1.90. The first-order valence-corrected chi connectivity index (χ1v) is 7.36. The van der Waals surface area contributed by atoms with Crippen molar-refractivity contribution >= 4 is 18.3 Å². The zero-order chi connectivity index (χ0) is 15.8. The first kappa shape index (κ1) is 19.0. The van der Waals surface area contributed by atoms with Crippen LogP contribution in [0.2, 0.25) is 0 Å². The molecule has 0 radical (unpaired) electrons. The van der Waals surface area contributed by atoms with Gasteiger partial charge in [-0.2, -0.15) is 5.10 Å². The highest BCUT2D eigenvalue weighted by Crippen LogP contribution is 2.12. The number of hydrogen-bond donors (Lipinski definition) is 2. The number of nitrogens with zero attached hydrogens (tertiary/aromatic N) is 2. The summed E-state index contributed by atoms with van der Waals surface area (Å²) in [5.41, 5.74) is 7.08. The first-order chi connectivity index (χ1) is 10.7. The van der Waals surface area contributed by atoms with Gasteiger partial charge < -0.3 is 15.8 Å². The summed E-state index contributed by atoms with van der Waals surface area (Å²) >= 11 is 0. The Labute approximate surface area is 142 Å². The number of benzene rings is 1. The van der Waals surface area contributed by atoms with Gasteiger partial charge in [-0.1, -0.05) is 12.1 Å². The van der Waals surface area contributed by atoms with E-state index in [2.05, 4.69) is 10.4 Å². The van der Waals surface area contributed by atoms with Gasteiger partial charge in [0.25, 0.3) is 5.91 Å². The lowest BCUT2D eigenvalue weighted by Crippen LogP contribution is -2.24. The Balaban J connectivity index is 0.00000264. The quantitative estimate of drug-likeness (QED) is 0.719. The van der Waals surface area contributed by atoms with E-state index in [0.29, 0.717) is 25.2 Å². The van der Waals surface area contributed by atoms with Crippen LogP contribution in [0.25, 0.3) is 0 Å². The van der Waals surface area contributed by atoms with Gasteiger partial charge in [0.2, 0.25) is 0 Å². The van der Waals surface area contributed by atoms with Crippen molar-refractivity contribution < 1.29 is 9.53 Å². The predicted molar refractivity (Wildman–Crippen MR) is 92.2 cm³/mol. The number of hydrogen-bond acceptors (Lipinski definition) is 4. The molecule has 7 heteroatoms. The second-order valence-corrected chi connectivity index (χ2v) is 5.03. The maximum atomic E-state index is 11.9. The summed E-state index contributed by atoms with van der Waals surface area (Å²) in [4.78, 5) is 11.9. The number of carbonyl (C=O) groups is 1. The van der Waals surface area contributed by atoms with Crippen LogP contribution in [0.3, 0.4) is 0 Å². The van der Waals surface area contributed by atoms with E-state index in [4.69, 9.17) is 10.5 Å². The van der Waals surface area contributed by atoms with E-state index in [1.54, 1.807) is 24.2 Å². The summed E-state index contributed by atoms with van der Waals surface area (Å²) in [5, 5.41) is 7.09. The first-order valence-electron chi connectivity index (χ1n) is 7.36. The second-order valence-electron chi connectivity index (χ2n) is 5.03. The van der Waals surface area contributed by atoms with Gasteiger partial charge >= 0.3 is 0 Å². The van der Waals surface area contributed by atoms with Crippen molar-refractivity contribution in [2.24, 2.45) is 5.73 Å². The molecule has 0 unspecified atom stereocenters. The van der Waals surface area contributed by atoms with Crippen molar-refractivity contribution in [1.29, 1.82) is 0 Å². The summed E-state index contributed by atoms with van der Waals surface area (Å²) in [6.07, 6.45) is 5.14. The number of unbranched alkanes of at least 4 members (excludes halogenated alkanes) is 1. The molecule has 0 atom stereocenters. The van der Waals surface area contributed by atoms with E-state index in [-0.39, 0.29) is 18.3 Å². The maximum absolute atomic E-state index is 11.9. The minimum atomic E-state index is -0.0991. The van der Waals surface area contributed by atoms with Crippen molar-refractivity contribution in [2.45, 2.75) is 19.4 Å². The Morgan fingerprint density at radius 3 is 2.70 bits per heavy atom. The topological polar surface area (TPSA) is 82.2 Å². The molecule has 0 spiro atoms. The van der Waals surface area contributed by atoms with E-state index in [1.165, 1.54) is 0 Å². The molecule has 3 N–H and O–H groups in total. The molecule has 0 aliphatic rings. The normalized spacial score (nSPS) is 10.0. The summed E-state index contributed by atoms with van der Waals surface area (Å²) in [5.74, 6) is 0.722. The number of amides is 1. The number of halogens is 1. The number of aromatic nitrogens is 2. The van der Waals surface area contributed by atoms with Gasteiger partial charge in [-0.25, -0.2) is 0 Å². The molecule has 1 aromatic carbocycles. The molecule has 23 heavy (non-hydrogen) atoms. The van der Waals surface area contributed by atoms with Crippen molar-refractivity contribution in [1.82, 2.24) is 15.1 Å². The molecule has 1 aromatic heterocycles. The lowest BCUT2D eigenvalue weighted by molar-refractivity contribution is 0.0953. The number of rotatable bonds is 8. The zero-order valence-electron chi connectivity index (χ0n) is 13.2. The van der Waals surface area contributed by atoms with Crippen molar-refractivity contribution in [3.8, 4) is 5.75 Å². The van der Waals surface area contributed by atoms with Crippen LogP contribution in [0.15, 0.2) is 36.7 Å². The molecule has 1 amide bonds. The summed E-state index contributed by atoms with van der Waals surface area (Å²) in [7, 11) is 1.64. The number of nitrogens with one attached hydrogen (secondary N) is 1. The molecule has 6 nitrogen and oxygen atoms in total. The van der Waals surface area contributed by atoms with E-state index in [1.807, 2.05) is 24.3 Å². The molecular weight excluding hydrogens is 316 g/mol. The molecular formula is C16H23ClN4O2. The summed E-state index contributed by atoms with van der Waals surface area (Å²) < 4.78 is 6.87. The van der Waals surface area contributed by atoms with Crippen molar-refractivity contribution in [2.75, 3.05) is 20.2 Å². The van der Waals surface area contributed by atoms with Gasteiger partial charge in [0.1, 0.15) is 5.75 Å². The molecule has 126 valence electrons. The van der Waals surface area contributed by atoms with Crippen molar-refractivity contribution in [3.05, 3.63) is 47.8 Å². The minimum Gasteiger partial charge on any atom is -0.497 e. The van der Waals surface area contributed by atoms with E-state index in [0.717, 1.165) is 24.2 Å². The van der Waals surface area contributed by atoms with Gasteiger partial charge in [-0.3, -0.25) is 9.48 Å². The van der Waals surface area contributed by atoms with Crippen LogP contribution in [0.4, 0.5) is 0 Å². The van der Waals surface area contributed by atoms with Gasteiger partial charge in [0.05, 0.1) is 25.4 Å². The second kappa shape index (κ2) is 9.86. The van der Waals surface area contributed by atoms with Crippen LogP contribution in [0, 0.1) is 0 Å². The number of nitrogens with two attached hydrogens (primary N) is 1. The Morgan fingerprint density at radius 1 is 1.30 bits per heavy atom. The Kier molecular flexibility index (Phi) is 8.15. The highest BCUT2D eigenvalue weighted by molar-refractivity contribution is 5.93. The van der Waals surface area contributed by atoms with E-state index < -0.39 is 0 Å². The third-order valence-electron chi connectivity index (χ3n) is 3.32. The lowest BCUT2D eigenvalue weighted by Gasteiger charge is -2.04. The fourth-order valence-electron chi connectivity index (χ4n) is 2.06. The third-order valence-corrected chi connectivity index (χ3v) is 3.32. The van der Waals surface area contributed by atoms with Gasteiger partial charge in [-0.05, 0) is 37.1 Å². The third kappa shape index (κ3) is 5.92. The lowest BCUT2D eigenvalue weighted by atomic mass is 10.2. The van der Waals surface area contributed by atoms with E-state index in [9.17, 15) is 4.79 Å². The molecule has 0 bridgehead atoms. The SMILES string of the molecule is COc1ccc(Cn2cc(C(=O)NCCCCN)cn2)cc1.Cl. The monoisotopic (exact) mass is 338 g/mol. The molecule has 2 rings (SSSR count). The zero-order valence-corrected chi connectivity index (χ0v) is 14.0. The predicted octanol–water partition coefficient (Wildman–Crippen LogP) is 1.83. The Morgan fingerprint density at radius 2 is 2.04 bits per heavy atom. The van der Waals surface area contributed by atoms with Crippen LogP contribution < -0.4 is 15.8 Å².